The van der Waals surface area contributed by atoms with Crippen molar-refractivity contribution in [3.05, 3.63) is 66.4 Å². The molecule has 3 nitrogen and oxygen atoms in total. The van der Waals surface area contributed by atoms with E-state index in [2.05, 4.69) is 5.32 Å². The van der Waals surface area contributed by atoms with E-state index < -0.39 is 0 Å². The van der Waals surface area contributed by atoms with Crippen molar-refractivity contribution in [2.75, 3.05) is 5.32 Å². The molecule has 1 heterocycles. The van der Waals surface area contributed by atoms with Crippen LogP contribution in [-0.2, 0) is 7.05 Å². The van der Waals surface area contributed by atoms with Gasteiger partial charge in [0.25, 0.3) is 5.91 Å². The molecule has 0 aliphatic heterocycles. The second-order valence-electron chi connectivity index (χ2n) is 4.49. The van der Waals surface area contributed by atoms with Gasteiger partial charge in [-0.05, 0) is 18.2 Å². The number of aryl methyl sites for hydroxylation is 1. The van der Waals surface area contributed by atoms with Crippen LogP contribution >= 0.6 is 0 Å². The second-order valence-corrected chi connectivity index (χ2v) is 4.49. The highest BCUT2D eigenvalue weighted by Gasteiger charge is 2.10. The SMILES string of the molecule is Cn1cc(NC(=O)c2ccccc2)c2ccccc21. The first-order chi connectivity index (χ1) is 9.25. The molecule has 1 amide bonds. The van der Waals surface area contributed by atoms with Gasteiger partial charge in [0.1, 0.15) is 0 Å². The third kappa shape index (κ3) is 2.10. The molecule has 1 N–H and O–H groups in total. The Labute approximate surface area is 111 Å². The molecule has 0 radical (unpaired) electrons. The summed E-state index contributed by atoms with van der Waals surface area (Å²) in [6.07, 6.45) is 1.94. The summed E-state index contributed by atoms with van der Waals surface area (Å²) in [5, 5.41) is 4.01. The number of aromatic nitrogens is 1. The van der Waals surface area contributed by atoms with Crippen LogP contribution < -0.4 is 5.32 Å². The average Bonchev–Trinajstić information content (AvgIpc) is 2.77. The fraction of sp³-hybridized carbons (Fsp3) is 0.0625. The van der Waals surface area contributed by atoms with Crippen molar-refractivity contribution in [1.82, 2.24) is 4.57 Å². The summed E-state index contributed by atoms with van der Waals surface area (Å²) in [6, 6.07) is 17.2. The highest BCUT2D eigenvalue weighted by molar-refractivity contribution is 6.09. The summed E-state index contributed by atoms with van der Waals surface area (Å²) >= 11 is 0. The predicted octanol–water partition coefficient (Wildman–Crippen LogP) is 3.43. The number of hydrogen-bond acceptors (Lipinski definition) is 1. The minimum Gasteiger partial charge on any atom is -0.348 e. The first-order valence-corrected chi connectivity index (χ1v) is 6.16. The van der Waals surface area contributed by atoms with E-state index >= 15 is 0 Å². The van der Waals surface area contributed by atoms with Crippen LogP contribution in [0.2, 0.25) is 0 Å². The predicted molar refractivity (Wildman–Crippen MR) is 77.3 cm³/mol. The Kier molecular flexibility index (Phi) is 2.80. The van der Waals surface area contributed by atoms with Crippen LogP contribution in [0.1, 0.15) is 10.4 Å². The number of hydrogen-bond donors (Lipinski definition) is 1. The standard InChI is InChI=1S/C16H14N2O/c1-18-11-14(13-9-5-6-10-15(13)18)17-16(19)12-7-3-2-4-8-12/h2-11H,1H3,(H,17,19). The van der Waals surface area contributed by atoms with Crippen molar-refractivity contribution < 1.29 is 4.79 Å². The van der Waals surface area contributed by atoms with Crippen molar-refractivity contribution in [1.29, 1.82) is 0 Å². The van der Waals surface area contributed by atoms with Crippen LogP contribution in [0.4, 0.5) is 5.69 Å². The third-order valence-electron chi connectivity index (χ3n) is 3.18. The van der Waals surface area contributed by atoms with E-state index in [9.17, 15) is 4.79 Å². The lowest BCUT2D eigenvalue weighted by atomic mass is 10.2. The summed E-state index contributed by atoms with van der Waals surface area (Å²) in [4.78, 5) is 12.1. The number of para-hydroxylation sites is 1. The summed E-state index contributed by atoms with van der Waals surface area (Å²) in [5.74, 6) is -0.0862. The van der Waals surface area contributed by atoms with E-state index in [-0.39, 0.29) is 5.91 Å². The van der Waals surface area contributed by atoms with Gasteiger partial charge in [-0.15, -0.1) is 0 Å². The van der Waals surface area contributed by atoms with Crippen LogP contribution in [0, 0.1) is 0 Å². The number of anilines is 1. The van der Waals surface area contributed by atoms with Crippen molar-refractivity contribution in [3.8, 4) is 0 Å². The number of rotatable bonds is 2. The Balaban J connectivity index is 1.96. The fourth-order valence-electron chi connectivity index (χ4n) is 2.23. The molecule has 0 saturated heterocycles. The maximum atomic E-state index is 12.1. The molecule has 3 heteroatoms. The molecular formula is C16H14N2O. The molecule has 3 aromatic rings. The van der Waals surface area contributed by atoms with Gasteiger partial charge in [-0.1, -0.05) is 36.4 Å². The number of nitrogens with zero attached hydrogens (tertiary/aromatic N) is 1. The molecule has 94 valence electrons. The van der Waals surface area contributed by atoms with Gasteiger partial charge in [0.15, 0.2) is 0 Å². The number of benzene rings is 2. The minimum atomic E-state index is -0.0862. The topological polar surface area (TPSA) is 34.0 Å². The van der Waals surface area contributed by atoms with Crippen LogP contribution in [-0.4, -0.2) is 10.5 Å². The van der Waals surface area contributed by atoms with E-state index in [4.69, 9.17) is 0 Å². The van der Waals surface area contributed by atoms with Crippen molar-refractivity contribution in [2.24, 2.45) is 7.05 Å². The zero-order valence-electron chi connectivity index (χ0n) is 10.6. The van der Waals surface area contributed by atoms with Gasteiger partial charge in [-0.2, -0.15) is 0 Å². The third-order valence-corrected chi connectivity index (χ3v) is 3.18. The zero-order valence-corrected chi connectivity index (χ0v) is 10.6. The second kappa shape index (κ2) is 4.61. The first kappa shape index (κ1) is 11.5. The lowest BCUT2D eigenvalue weighted by molar-refractivity contribution is 0.102. The van der Waals surface area contributed by atoms with Gasteiger partial charge in [-0.25, -0.2) is 0 Å². The van der Waals surface area contributed by atoms with Gasteiger partial charge in [0.2, 0.25) is 0 Å². The van der Waals surface area contributed by atoms with Crippen LogP contribution in [0.15, 0.2) is 60.8 Å². The highest BCUT2D eigenvalue weighted by Crippen LogP contribution is 2.25. The molecule has 0 spiro atoms. The fourth-order valence-corrected chi connectivity index (χ4v) is 2.23. The monoisotopic (exact) mass is 250 g/mol. The molecule has 0 fully saturated rings. The number of carbonyl (C=O) groups is 1. The summed E-state index contributed by atoms with van der Waals surface area (Å²) in [5.41, 5.74) is 2.60. The molecule has 19 heavy (non-hydrogen) atoms. The Morgan fingerprint density at radius 1 is 1.00 bits per heavy atom. The Morgan fingerprint density at radius 2 is 1.68 bits per heavy atom. The van der Waals surface area contributed by atoms with Crippen molar-refractivity contribution in [3.63, 3.8) is 0 Å². The Morgan fingerprint density at radius 3 is 2.47 bits per heavy atom. The van der Waals surface area contributed by atoms with E-state index in [1.54, 1.807) is 12.1 Å². The quantitative estimate of drug-likeness (QED) is 0.742. The molecule has 0 bridgehead atoms. The van der Waals surface area contributed by atoms with Crippen LogP contribution in [0.25, 0.3) is 10.9 Å². The number of amides is 1. The van der Waals surface area contributed by atoms with Crippen LogP contribution in [0.3, 0.4) is 0 Å². The smallest absolute Gasteiger partial charge is 0.255 e. The van der Waals surface area contributed by atoms with Crippen molar-refractivity contribution in [2.45, 2.75) is 0 Å². The normalized spacial score (nSPS) is 10.6. The zero-order chi connectivity index (χ0) is 13.2. The van der Waals surface area contributed by atoms with Gasteiger partial charge >= 0.3 is 0 Å². The van der Waals surface area contributed by atoms with E-state index in [1.165, 1.54) is 0 Å². The minimum absolute atomic E-state index is 0.0862. The molecule has 0 aliphatic rings. The van der Waals surface area contributed by atoms with E-state index in [0.717, 1.165) is 16.6 Å². The summed E-state index contributed by atoms with van der Waals surface area (Å²) in [7, 11) is 1.97. The molecule has 0 atom stereocenters. The van der Waals surface area contributed by atoms with E-state index in [1.807, 2.05) is 60.3 Å². The average molecular weight is 250 g/mol. The van der Waals surface area contributed by atoms with E-state index in [0.29, 0.717) is 5.56 Å². The molecule has 0 saturated carbocycles. The van der Waals surface area contributed by atoms with Gasteiger partial charge in [-0.3, -0.25) is 4.79 Å². The maximum absolute atomic E-state index is 12.1. The summed E-state index contributed by atoms with van der Waals surface area (Å²) in [6.45, 7) is 0. The summed E-state index contributed by atoms with van der Waals surface area (Å²) < 4.78 is 2.01. The maximum Gasteiger partial charge on any atom is 0.255 e. The lowest BCUT2D eigenvalue weighted by Crippen LogP contribution is -2.11. The number of carbonyl (C=O) groups excluding carboxylic acids is 1. The van der Waals surface area contributed by atoms with Gasteiger partial charge in [0, 0.05) is 29.7 Å². The van der Waals surface area contributed by atoms with Crippen molar-refractivity contribution >= 4 is 22.5 Å². The lowest BCUT2D eigenvalue weighted by Gasteiger charge is -2.03. The highest BCUT2D eigenvalue weighted by atomic mass is 16.1. The number of fused-ring (bicyclic) bond motifs is 1. The largest absolute Gasteiger partial charge is 0.348 e. The molecule has 2 aromatic carbocycles. The van der Waals surface area contributed by atoms with Gasteiger partial charge in [0.05, 0.1) is 5.69 Å². The molecule has 0 unspecified atom stereocenters. The molecule has 1 aromatic heterocycles. The Hall–Kier alpha value is -2.55. The van der Waals surface area contributed by atoms with Gasteiger partial charge < -0.3 is 9.88 Å². The molecule has 0 aliphatic carbocycles. The number of nitrogens with one attached hydrogen (secondary N) is 1. The molecule has 3 rings (SSSR count). The Bertz CT molecular complexity index is 729. The molecular weight excluding hydrogens is 236 g/mol. The van der Waals surface area contributed by atoms with Crippen LogP contribution in [0.5, 0.6) is 0 Å². The first-order valence-electron chi connectivity index (χ1n) is 6.16.